The van der Waals surface area contributed by atoms with Crippen molar-refractivity contribution >= 4 is 34.7 Å². The molecule has 0 bridgehead atoms. The Morgan fingerprint density at radius 2 is 1.70 bits per heavy atom. The van der Waals surface area contributed by atoms with Crippen LogP contribution in [0.15, 0.2) is 73.1 Å². The highest BCUT2D eigenvalue weighted by Gasteiger charge is 2.30. The van der Waals surface area contributed by atoms with Gasteiger partial charge in [0.1, 0.15) is 5.65 Å². The number of rotatable bonds is 3. The molecule has 2 N–H and O–H groups in total. The van der Waals surface area contributed by atoms with E-state index >= 15 is 0 Å². The normalized spacial score (nSPS) is 11.5. The third-order valence-electron chi connectivity index (χ3n) is 4.36. The number of halogens is 4. The molecule has 0 radical (unpaired) electrons. The van der Waals surface area contributed by atoms with Gasteiger partial charge in [0, 0.05) is 34.2 Å². The van der Waals surface area contributed by atoms with Gasteiger partial charge in [-0.25, -0.2) is 9.78 Å². The van der Waals surface area contributed by atoms with Gasteiger partial charge in [0.25, 0.3) is 0 Å². The van der Waals surface area contributed by atoms with Crippen molar-refractivity contribution < 1.29 is 18.0 Å². The van der Waals surface area contributed by atoms with Crippen molar-refractivity contribution in [1.82, 2.24) is 9.38 Å². The summed E-state index contributed by atoms with van der Waals surface area (Å²) < 4.78 is 40.2. The molecule has 0 saturated carbocycles. The minimum absolute atomic E-state index is 0.0448. The standard InChI is InChI=1S/C21H14ClF3N4O/c22-15-8-9-29-18(12-26-19(29)11-15)13-4-6-16(7-5-13)27-20(30)28-17-3-1-2-14(10-17)21(23,24)25/h1-12H,(H2,27,28,30). The number of hydrogen-bond donors (Lipinski definition) is 2. The lowest BCUT2D eigenvalue weighted by Crippen LogP contribution is -2.19. The van der Waals surface area contributed by atoms with Gasteiger partial charge in [-0.3, -0.25) is 4.40 Å². The van der Waals surface area contributed by atoms with Gasteiger partial charge in [-0.15, -0.1) is 0 Å². The van der Waals surface area contributed by atoms with Gasteiger partial charge in [0.15, 0.2) is 0 Å². The Morgan fingerprint density at radius 1 is 0.967 bits per heavy atom. The molecule has 2 heterocycles. The molecule has 0 spiro atoms. The number of pyridine rings is 1. The van der Waals surface area contributed by atoms with Crippen LogP contribution in [0.1, 0.15) is 5.56 Å². The molecule has 0 aliphatic carbocycles. The summed E-state index contributed by atoms with van der Waals surface area (Å²) in [5.74, 6) is 0. The Hall–Kier alpha value is -3.52. The van der Waals surface area contributed by atoms with E-state index in [0.29, 0.717) is 16.4 Å². The van der Waals surface area contributed by atoms with E-state index in [1.807, 2.05) is 10.6 Å². The molecule has 0 atom stereocenters. The fraction of sp³-hybridized carbons (Fsp3) is 0.0476. The molecule has 2 aromatic carbocycles. The number of urea groups is 1. The Balaban J connectivity index is 1.46. The number of benzene rings is 2. The van der Waals surface area contributed by atoms with Gasteiger partial charge in [-0.2, -0.15) is 13.2 Å². The lowest BCUT2D eigenvalue weighted by atomic mass is 10.1. The van der Waals surface area contributed by atoms with Crippen molar-refractivity contribution in [3.8, 4) is 11.3 Å². The summed E-state index contributed by atoms with van der Waals surface area (Å²) in [5.41, 5.74) is 2.12. The number of carbonyl (C=O) groups excluding carboxylic acids is 1. The zero-order chi connectivity index (χ0) is 21.3. The molecule has 0 unspecified atom stereocenters. The van der Waals surface area contributed by atoms with Gasteiger partial charge >= 0.3 is 12.2 Å². The molecular formula is C21H14ClF3N4O. The first-order valence-electron chi connectivity index (χ1n) is 8.78. The molecule has 5 nitrogen and oxygen atoms in total. The van der Waals surface area contributed by atoms with Crippen molar-refractivity contribution in [3.05, 3.63) is 83.6 Å². The fourth-order valence-corrected chi connectivity index (χ4v) is 3.11. The van der Waals surface area contributed by atoms with Gasteiger partial charge < -0.3 is 10.6 Å². The molecule has 2 amide bonds. The fourth-order valence-electron chi connectivity index (χ4n) is 2.96. The van der Waals surface area contributed by atoms with E-state index in [2.05, 4.69) is 15.6 Å². The van der Waals surface area contributed by atoms with Crippen molar-refractivity contribution in [2.75, 3.05) is 10.6 Å². The van der Waals surface area contributed by atoms with Crippen LogP contribution in [0.2, 0.25) is 5.02 Å². The van der Waals surface area contributed by atoms with Gasteiger partial charge in [-0.05, 0) is 36.4 Å². The molecule has 0 aliphatic heterocycles. The van der Waals surface area contributed by atoms with E-state index in [1.54, 1.807) is 42.6 Å². The van der Waals surface area contributed by atoms with E-state index < -0.39 is 17.8 Å². The third-order valence-corrected chi connectivity index (χ3v) is 4.60. The highest BCUT2D eigenvalue weighted by Crippen LogP contribution is 2.30. The summed E-state index contributed by atoms with van der Waals surface area (Å²) >= 11 is 5.98. The van der Waals surface area contributed by atoms with Gasteiger partial charge in [0.2, 0.25) is 0 Å². The van der Waals surface area contributed by atoms with Gasteiger partial charge in [0.05, 0.1) is 17.5 Å². The van der Waals surface area contributed by atoms with Crippen LogP contribution in [-0.2, 0) is 6.18 Å². The molecule has 152 valence electrons. The third kappa shape index (κ3) is 4.23. The molecular weight excluding hydrogens is 417 g/mol. The second-order valence-electron chi connectivity index (χ2n) is 6.45. The van der Waals surface area contributed by atoms with Crippen LogP contribution >= 0.6 is 11.6 Å². The highest BCUT2D eigenvalue weighted by molar-refractivity contribution is 6.30. The first-order valence-corrected chi connectivity index (χ1v) is 9.16. The first-order chi connectivity index (χ1) is 14.3. The topological polar surface area (TPSA) is 58.4 Å². The van der Waals surface area contributed by atoms with Crippen LogP contribution in [0.5, 0.6) is 0 Å². The molecule has 4 aromatic rings. The zero-order valence-electron chi connectivity index (χ0n) is 15.2. The van der Waals surface area contributed by atoms with E-state index in [1.165, 1.54) is 12.1 Å². The number of fused-ring (bicyclic) bond motifs is 1. The number of carbonyl (C=O) groups is 1. The zero-order valence-corrected chi connectivity index (χ0v) is 16.0. The van der Waals surface area contributed by atoms with Crippen LogP contribution in [0.3, 0.4) is 0 Å². The lowest BCUT2D eigenvalue weighted by molar-refractivity contribution is -0.137. The van der Waals surface area contributed by atoms with E-state index in [0.717, 1.165) is 23.4 Å². The number of hydrogen-bond acceptors (Lipinski definition) is 2. The Morgan fingerprint density at radius 3 is 2.43 bits per heavy atom. The maximum atomic E-state index is 12.8. The number of imidazole rings is 1. The summed E-state index contributed by atoms with van der Waals surface area (Å²) in [6.07, 6.45) is -0.948. The summed E-state index contributed by atoms with van der Waals surface area (Å²) in [5, 5.41) is 5.58. The number of nitrogens with one attached hydrogen (secondary N) is 2. The summed E-state index contributed by atoms with van der Waals surface area (Å²) in [7, 11) is 0. The average Bonchev–Trinajstić information content (AvgIpc) is 3.11. The number of alkyl halides is 3. The Labute approximate surface area is 174 Å². The average molecular weight is 431 g/mol. The lowest BCUT2D eigenvalue weighted by Gasteiger charge is -2.11. The van der Waals surface area contributed by atoms with Crippen LogP contribution in [0.25, 0.3) is 16.9 Å². The number of nitrogens with zero attached hydrogens (tertiary/aromatic N) is 2. The van der Waals surface area contributed by atoms with Crippen molar-refractivity contribution in [2.24, 2.45) is 0 Å². The molecule has 0 fully saturated rings. The Bertz CT molecular complexity index is 1220. The van der Waals surface area contributed by atoms with E-state index in [9.17, 15) is 18.0 Å². The monoisotopic (exact) mass is 430 g/mol. The van der Waals surface area contributed by atoms with Crippen LogP contribution in [0.4, 0.5) is 29.3 Å². The van der Waals surface area contributed by atoms with Crippen LogP contribution in [-0.4, -0.2) is 15.4 Å². The minimum atomic E-state index is -4.48. The largest absolute Gasteiger partial charge is 0.416 e. The molecule has 4 rings (SSSR count). The smallest absolute Gasteiger partial charge is 0.308 e. The van der Waals surface area contributed by atoms with Crippen LogP contribution < -0.4 is 10.6 Å². The summed E-state index contributed by atoms with van der Waals surface area (Å²) in [4.78, 5) is 16.4. The van der Waals surface area contributed by atoms with E-state index in [-0.39, 0.29) is 5.69 Å². The molecule has 30 heavy (non-hydrogen) atoms. The molecule has 0 aliphatic rings. The summed E-state index contributed by atoms with van der Waals surface area (Å²) in [6.45, 7) is 0. The first kappa shape index (κ1) is 19.8. The summed E-state index contributed by atoms with van der Waals surface area (Å²) in [6, 6.07) is 14.3. The van der Waals surface area contributed by atoms with Crippen molar-refractivity contribution in [2.45, 2.75) is 6.18 Å². The highest BCUT2D eigenvalue weighted by atomic mass is 35.5. The molecule has 2 aromatic heterocycles. The minimum Gasteiger partial charge on any atom is -0.308 e. The number of anilines is 2. The Kier molecular flexibility index (Phi) is 5.09. The second-order valence-corrected chi connectivity index (χ2v) is 6.89. The number of aromatic nitrogens is 2. The predicted octanol–water partition coefficient (Wildman–Crippen LogP) is 6.32. The molecule has 9 heteroatoms. The van der Waals surface area contributed by atoms with Crippen molar-refractivity contribution in [1.29, 1.82) is 0 Å². The SMILES string of the molecule is O=C(Nc1ccc(-c2cnc3cc(Cl)ccn23)cc1)Nc1cccc(C(F)(F)F)c1. The van der Waals surface area contributed by atoms with E-state index in [4.69, 9.17) is 11.6 Å². The maximum absolute atomic E-state index is 12.8. The predicted molar refractivity (Wildman–Crippen MR) is 110 cm³/mol. The van der Waals surface area contributed by atoms with Crippen molar-refractivity contribution in [3.63, 3.8) is 0 Å². The second kappa shape index (κ2) is 7.72. The maximum Gasteiger partial charge on any atom is 0.416 e. The quantitative estimate of drug-likeness (QED) is 0.399. The molecule has 0 saturated heterocycles. The number of amides is 2. The van der Waals surface area contributed by atoms with Crippen LogP contribution in [0, 0.1) is 0 Å². The van der Waals surface area contributed by atoms with Gasteiger partial charge in [-0.1, -0.05) is 29.8 Å².